The molecule has 0 spiro atoms. The van der Waals surface area contributed by atoms with Crippen LogP contribution in [0.5, 0.6) is 0 Å². The van der Waals surface area contributed by atoms with Crippen LogP contribution in [0.3, 0.4) is 0 Å². The van der Waals surface area contributed by atoms with Gasteiger partial charge in [-0.3, -0.25) is 9.59 Å². The van der Waals surface area contributed by atoms with Crippen molar-refractivity contribution in [2.75, 3.05) is 10.0 Å². The maximum Gasteiger partial charge on any atom is 0.333 e. The molecule has 12 heteroatoms. The van der Waals surface area contributed by atoms with E-state index in [1.54, 1.807) is 0 Å². The van der Waals surface area contributed by atoms with Gasteiger partial charge in [0.2, 0.25) is 0 Å². The molecule has 3 rings (SSSR count). The number of rotatable bonds is 5. The smallest absolute Gasteiger partial charge is 0.333 e. The minimum atomic E-state index is -2.99. The second-order valence-electron chi connectivity index (χ2n) is 6.38. The van der Waals surface area contributed by atoms with Crippen LogP contribution in [-0.2, 0) is 14.4 Å². The van der Waals surface area contributed by atoms with Gasteiger partial charge in [0.1, 0.15) is 6.29 Å². The second-order valence-corrected chi connectivity index (χ2v) is 9.06. The lowest BCUT2D eigenvalue weighted by molar-refractivity contribution is -0.108. The summed E-state index contributed by atoms with van der Waals surface area (Å²) in [4.78, 5) is 59.9. The van der Waals surface area contributed by atoms with Gasteiger partial charge in [-0.05, 0) is 35.4 Å². The van der Waals surface area contributed by atoms with E-state index in [1.807, 2.05) is 0 Å². The summed E-state index contributed by atoms with van der Waals surface area (Å²) >= 11 is 0. The van der Waals surface area contributed by atoms with Gasteiger partial charge >= 0.3 is 12.1 Å². The fraction of sp³-hybridized carbons (Fsp3) is 0.0556. The molecule has 0 atom stereocenters. The number of primary amides is 2. The highest BCUT2D eigenvalue weighted by atomic mass is 32.3. The highest BCUT2D eigenvalue weighted by molar-refractivity contribution is 8.53. The van der Waals surface area contributed by atoms with Crippen LogP contribution in [0, 0.1) is 0 Å². The molecule has 0 radical (unpaired) electrons. The molecule has 0 aliphatic carbocycles. The molecule has 0 aromatic heterocycles. The average molecular weight is 430 g/mol. The average Bonchev–Trinajstić information content (AvgIpc) is 2.75. The van der Waals surface area contributed by atoms with Crippen molar-refractivity contribution in [1.82, 2.24) is 0 Å². The Morgan fingerprint density at radius 1 is 0.800 bits per heavy atom. The first kappa shape index (κ1) is 21.0. The number of amides is 4. The number of hydrazine groups is 2. The van der Waals surface area contributed by atoms with E-state index in [2.05, 4.69) is 0 Å². The quantitative estimate of drug-likeness (QED) is 0.228. The number of fused-ring (bicyclic) bond motifs is 2. The summed E-state index contributed by atoms with van der Waals surface area (Å²) in [5, 5.41) is 1.30. The largest absolute Gasteiger partial charge is 0.350 e. The first-order valence-electron chi connectivity index (χ1n) is 8.37. The fourth-order valence-electron chi connectivity index (χ4n) is 3.36. The second kappa shape index (κ2) is 7.59. The van der Waals surface area contributed by atoms with E-state index >= 15 is 0 Å². The number of benzene rings is 2. The molecule has 0 saturated carbocycles. The van der Waals surface area contributed by atoms with Crippen LogP contribution >= 0.6 is 10.0 Å². The molecule has 2 aromatic carbocycles. The van der Waals surface area contributed by atoms with Crippen molar-refractivity contribution >= 4 is 51.0 Å². The lowest BCUT2D eigenvalue weighted by Gasteiger charge is -2.39. The summed E-state index contributed by atoms with van der Waals surface area (Å²) in [5.41, 5.74) is 12.5. The highest BCUT2D eigenvalue weighted by Crippen LogP contribution is 2.66. The predicted octanol–water partition coefficient (Wildman–Crippen LogP) is 0.451. The lowest BCUT2D eigenvalue weighted by atomic mass is 9.91. The van der Waals surface area contributed by atoms with Crippen molar-refractivity contribution in [1.29, 1.82) is 0 Å². The van der Waals surface area contributed by atoms with E-state index in [-0.39, 0.29) is 21.2 Å². The van der Waals surface area contributed by atoms with Crippen LogP contribution in [0.25, 0.3) is 0 Å². The van der Waals surface area contributed by atoms with E-state index in [0.717, 1.165) is 0 Å². The van der Waals surface area contributed by atoms with Crippen molar-refractivity contribution in [3.05, 3.63) is 47.5 Å². The Morgan fingerprint density at radius 3 is 1.50 bits per heavy atom. The zero-order chi connectivity index (χ0) is 22.2. The molecule has 11 nitrogen and oxygen atoms in total. The number of nitrogens with two attached hydrogens (primary N) is 4. The topological polar surface area (TPSA) is 196 Å². The van der Waals surface area contributed by atoms with Crippen LogP contribution in [0.4, 0.5) is 21.0 Å². The van der Waals surface area contributed by atoms with Crippen molar-refractivity contribution in [2.45, 2.75) is 15.7 Å². The number of carbonyl (C=O) groups is 5. The number of anilines is 2. The van der Waals surface area contributed by atoms with Crippen molar-refractivity contribution < 1.29 is 24.0 Å². The SMILES string of the molecule is NC(=O)N(N)c1ccc2c(c1)S(C=O)(C=O)c1cc(N(N)C(N)=O)ccc1C2C=O. The molecule has 4 amide bonds. The molecule has 0 bridgehead atoms. The summed E-state index contributed by atoms with van der Waals surface area (Å²) in [6, 6.07) is 6.75. The van der Waals surface area contributed by atoms with Crippen LogP contribution in [0.2, 0.25) is 0 Å². The van der Waals surface area contributed by atoms with Crippen LogP contribution in [-0.4, -0.2) is 29.6 Å². The minimum absolute atomic E-state index is 0.128. The summed E-state index contributed by atoms with van der Waals surface area (Å²) < 4.78 is 0. The molecule has 30 heavy (non-hydrogen) atoms. The van der Waals surface area contributed by atoms with Crippen LogP contribution in [0.15, 0.2) is 46.2 Å². The third kappa shape index (κ3) is 2.99. The first-order valence-corrected chi connectivity index (χ1v) is 10.1. The van der Waals surface area contributed by atoms with E-state index in [4.69, 9.17) is 23.2 Å². The van der Waals surface area contributed by atoms with Gasteiger partial charge in [-0.2, -0.15) is 0 Å². The Labute approximate surface area is 171 Å². The van der Waals surface area contributed by atoms with Gasteiger partial charge in [-0.25, -0.2) is 31.3 Å². The van der Waals surface area contributed by atoms with E-state index in [0.29, 0.717) is 38.7 Å². The number of nitrogens with zero attached hydrogens (tertiary/aromatic N) is 2. The Balaban J connectivity index is 2.35. The summed E-state index contributed by atoms with van der Waals surface area (Å²) in [7, 11) is -2.99. The van der Waals surface area contributed by atoms with Crippen molar-refractivity contribution in [3.63, 3.8) is 0 Å². The molecule has 0 saturated heterocycles. The molecule has 1 heterocycles. The molecule has 0 unspecified atom stereocenters. The highest BCUT2D eigenvalue weighted by Gasteiger charge is 2.41. The maximum atomic E-state index is 12.3. The lowest BCUT2D eigenvalue weighted by Crippen LogP contribution is -2.41. The Kier molecular flexibility index (Phi) is 5.31. The van der Waals surface area contributed by atoms with Gasteiger partial charge in [-0.1, -0.05) is 22.2 Å². The zero-order valence-electron chi connectivity index (χ0n) is 15.4. The van der Waals surface area contributed by atoms with Gasteiger partial charge in [0.05, 0.1) is 17.3 Å². The molecule has 2 aromatic rings. The van der Waals surface area contributed by atoms with Gasteiger partial charge < -0.3 is 16.3 Å². The Hall–Kier alpha value is -3.74. The van der Waals surface area contributed by atoms with Gasteiger partial charge in [0.15, 0.2) is 11.2 Å². The molecular weight excluding hydrogens is 412 g/mol. The first-order chi connectivity index (χ1) is 14.2. The van der Waals surface area contributed by atoms with Crippen molar-refractivity contribution in [3.8, 4) is 0 Å². The summed E-state index contributed by atoms with van der Waals surface area (Å²) in [5.74, 6) is 10.5. The molecular formula is C18H18N6O5S. The van der Waals surface area contributed by atoms with Gasteiger partial charge in [0, 0.05) is 9.79 Å². The molecule has 8 N–H and O–H groups in total. The molecule has 1 aliphatic heterocycles. The predicted molar refractivity (Wildman–Crippen MR) is 111 cm³/mol. The summed E-state index contributed by atoms with van der Waals surface area (Å²) in [6.45, 7) is 0. The fourth-order valence-corrected chi connectivity index (χ4v) is 5.86. The minimum Gasteiger partial charge on any atom is -0.350 e. The van der Waals surface area contributed by atoms with E-state index < -0.39 is 28.0 Å². The van der Waals surface area contributed by atoms with Gasteiger partial charge in [-0.15, -0.1) is 0 Å². The zero-order valence-corrected chi connectivity index (χ0v) is 16.2. The molecule has 0 fully saturated rings. The summed E-state index contributed by atoms with van der Waals surface area (Å²) in [6.07, 6.45) is 0.665. The molecule has 1 aliphatic rings. The van der Waals surface area contributed by atoms with Crippen LogP contribution in [0.1, 0.15) is 17.0 Å². The maximum absolute atomic E-state index is 12.3. The third-order valence-electron chi connectivity index (χ3n) is 4.86. The van der Waals surface area contributed by atoms with E-state index in [9.17, 15) is 24.0 Å². The monoisotopic (exact) mass is 430 g/mol. The van der Waals surface area contributed by atoms with Crippen LogP contribution < -0.4 is 33.2 Å². The number of carbonyl (C=O) groups excluding carboxylic acids is 5. The Bertz CT molecular complexity index is 1010. The third-order valence-corrected chi connectivity index (χ3v) is 7.63. The van der Waals surface area contributed by atoms with E-state index in [1.165, 1.54) is 36.4 Å². The van der Waals surface area contributed by atoms with Crippen molar-refractivity contribution in [2.24, 2.45) is 23.2 Å². The number of hydrogen-bond acceptors (Lipinski definition) is 7. The number of aldehydes is 1. The Morgan fingerprint density at radius 2 is 1.20 bits per heavy atom. The number of urea groups is 2. The number of hydrogen-bond donors (Lipinski definition) is 4. The normalized spacial score (nSPS) is 15.1. The molecule has 156 valence electrons. The standard InChI is InChI=1S/C18H18N6O5S/c19-17(28)23(21)10-1-3-12-14(7-25)13-4-2-11(24(22)18(20)29)6-16(13)30(8-26,9-27)15(12)5-10/h1-9,14H,21-22H2,(H2,19,28)(H2,20,29). The van der Waals surface area contributed by atoms with Gasteiger partial charge in [0.25, 0.3) is 0 Å².